The van der Waals surface area contributed by atoms with Gasteiger partial charge in [-0.05, 0) is 84.7 Å². The highest BCUT2D eigenvalue weighted by Gasteiger charge is 2.39. The van der Waals surface area contributed by atoms with Crippen LogP contribution in [0, 0.1) is 0 Å². The molecule has 0 aromatic heterocycles. The fourth-order valence-electron chi connectivity index (χ4n) is 6.24. The number of carbonyl (C=O) groups excluding carboxylic acids is 2. The van der Waals surface area contributed by atoms with Gasteiger partial charge in [-0.15, -0.1) is 0 Å². The quantitative estimate of drug-likeness (QED) is 0.0770. The number of aryl methyl sites for hydroxylation is 2. The highest BCUT2D eigenvalue weighted by molar-refractivity contribution is 6.33. The van der Waals surface area contributed by atoms with E-state index in [-0.39, 0.29) is 40.4 Å². The number of aromatic hydroxyl groups is 2. The van der Waals surface area contributed by atoms with Gasteiger partial charge in [-0.2, -0.15) is 0 Å². The molecule has 4 aromatic carbocycles. The van der Waals surface area contributed by atoms with Crippen molar-refractivity contribution >= 4 is 57.5 Å². The van der Waals surface area contributed by atoms with Crippen molar-refractivity contribution in [3.8, 4) is 17.2 Å². The Kier molecular flexibility index (Phi) is 10.4. The minimum Gasteiger partial charge on any atom is -0.507 e. The normalized spacial score (nSPS) is 12.1. The van der Waals surface area contributed by atoms with Crippen molar-refractivity contribution in [2.75, 3.05) is 17.2 Å². The summed E-state index contributed by atoms with van der Waals surface area (Å²) in [4.78, 5) is 28.5. The molecule has 0 bridgehead atoms. The molecule has 0 amide bonds. The standard InChI is InChI=1S/C38H40Cl2N2O5/c1-6-11-18-47-38-30-24(36(45)31-28(43)16-17-29(44)32(31)37(30)46)19-27(41-33-20(7-2)12-14-25(39)22(33)9-4)35(38)42-34-21(8-3)13-15-26(40)23(34)10-5/h12-17,19,41-44H,6-11,18H2,1-5H3. The fourth-order valence-corrected chi connectivity index (χ4v) is 6.82. The predicted octanol–water partition coefficient (Wildman–Crippen LogP) is 10.1. The number of halogens is 2. The summed E-state index contributed by atoms with van der Waals surface area (Å²) < 4.78 is 6.47. The van der Waals surface area contributed by atoms with Gasteiger partial charge in [0.05, 0.1) is 29.0 Å². The summed E-state index contributed by atoms with van der Waals surface area (Å²) in [6.07, 6.45) is 4.24. The maximum atomic E-state index is 14.3. The molecule has 246 valence electrons. The van der Waals surface area contributed by atoms with E-state index in [1.807, 2.05) is 45.0 Å². The highest BCUT2D eigenvalue weighted by atomic mass is 35.5. The van der Waals surface area contributed by atoms with E-state index >= 15 is 0 Å². The first-order valence-electron chi connectivity index (χ1n) is 16.2. The molecule has 0 saturated heterocycles. The predicted molar refractivity (Wildman–Crippen MR) is 190 cm³/mol. The van der Waals surface area contributed by atoms with Crippen LogP contribution in [-0.2, 0) is 25.7 Å². The first kappa shape index (κ1) is 34.1. The van der Waals surface area contributed by atoms with Crippen LogP contribution in [0.3, 0.4) is 0 Å². The Bertz CT molecular complexity index is 1890. The van der Waals surface area contributed by atoms with Crippen molar-refractivity contribution in [1.82, 2.24) is 0 Å². The Morgan fingerprint density at radius 1 is 0.660 bits per heavy atom. The van der Waals surface area contributed by atoms with Crippen molar-refractivity contribution in [2.45, 2.75) is 73.1 Å². The lowest BCUT2D eigenvalue weighted by Gasteiger charge is -2.28. The number of rotatable bonds is 12. The number of anilines is 4. The molecule has 0 spiro atoms. The zero-order valence-electron chi connectivity index (χ0n) is 27.4. The minimum absolute atomic E-state index is 0.0169. The van der Waals surface area contributed by atoms with Crippen molar-refractivity contribution in [2.24, 2.45) is 0 Å². The molecule has 0 aliphatic heterocycles. The number of benzene rings is 4. The van der Waals surface area contributed by atoms with Gasteiger partial charge < -0.3 is 25.6 Å². The third-order valence-electron chi connectivity index (χ3n) is 8.78. The number of unbranched alkanes of at least 4 members (excludes halogenated alkanes) is 1. The molecule has 1 aliphatic rings. The number of phenols is 2. The smallest absolute Gasteiger partial charge is 0.202 e. The van der Waals surface area contributed by atoms with E-state index in [2.05, 4.69) is 24.5 Å². The maximum absolute atomic E-state index is 14.3. The van der Waals surface area contributed by atoms with Crippen molar-refractivity contribution in [3.05, 3.63) is 97.0 Å². The number of ketones is 2. The van der Waals surface area contributed by atoms with E-state index in [1.54, 1.807) is 6.07 Å². The van der Waals surface area contributed by atoms with E-state index < -0.39 is 17.3 Å². The van der Waals surface area contributed by atoms with Gasteiger partial charge in [-0.1, -0.05) is 76.4 Å². The van der Waals surface area contributed by atoms with Crippen molar-refractivity contribution in [1.29, 1.82) is 0 Å². The molecule has 9 heteroatoms. The van der Waals surface area contributed by atoms with Gasteiger partial charge in [0, 0.05) is 27.0 Å². The highest BCUT2D eigenvalue weighted by Crippen LogP contribution is 2.49. The van der Waals surface area contributed by atoms with Crippen molar-refractivity contribution in [3.63, 3.8) is 0 Å². The number of fused-ring (bicyclic) bond motifs is 2. The monoisotopic (exact) mass is 674 g/mol. The van der Waals surface area contributed by atoms with Crippen LogP contribution >= 0.6 is 23.2 Å². The average molecular weight is 676 g/mol. The third-order valence-corrected chi connectivity index (χ3v) is 9.48. The van der Waals surface area contributed by atoms with Gasteiger partial charge in [-0.25, -0.2) is 0 Å². The van der Waals surface area contributed by atoms with E-state index in [4.69, 9.17) is 27.9 Å². The third kappa shape index (κ3) is 6.15. The maximum Gasteiger partial charge on any atom is 0.202 e. The summed E-state index contributed by atoms with van der Waals surface area (Å²) in [7, 11) is 0. The van der Waals surface area contributed by atoms with Gasteiger partial charge >= 0.3 is 0 Å². The number of carbonyl (C=O) groups is 2. The minimum atomic E-state index is -0.618. The zero-order chi connectivity index (χ0) is 34.0. The van der Waals surface area contributed by atoms with E-state index in [9.17, 15) is 19.8 Å². The average Bonchev–Trinajstić information content (AvgIpc) is 3.06. The van der Waals surface area contributed by atoms with E-state index in [0.29, 0.717) is 53.5 Å². The lowest BCUT2D eigenvalue weighted by Crippen LogP contribution is -2.24. The van der Waals surface area contributed by atoms with Crippen LogP contribution < -0.4 is 15.4 Å². The molecule has 5 rings (SSSR count). The molecule has 0 radical (unpaired) electrons. The number of hydrogen-bond acceptors (Lipinski definition) is 7. The van der Waals surface area contributed by atoms with Gasteiger partial charge in [0.2, 0.25) is 5.78 Å². The molecule has 0 saturated carbocycles. The van der Waals surface area contributed by atoms with E-state index in [1.165, 1.54) is 12.1 Å². The molecule has 4 N–H and O–H groups in total. The molecule has 4 aromatic rings. The summed E-state index contributed by atoms with van der Waals surface area (Å²) in [5, 5.41) is 29.9. The molecular formula is C38H40Cl2N2O5. The number of hydrogen-bond donors (Lipinski definition) is 4. The van der Waals surface area contributed by atoms with Gasteiger partial charge in [0.1, 0.15) is 17.2 Å². The Morgan fingerprint density at radius 3 is 1.70 bits per heavy atom. The Morgan fingerprint density at radius 2 is 1.19 bits per heavy atom. The molecular weight excluding hydrogens is 635 g/mol. The van der Waals surface area contributed by atoms with Gasteiger partial charge in [0.25, 0.3) is 0 Å². The SMILES string of the molecule is CCCCOc1c(Nc2c(CC)ccc(Cl)c2CC)c(Nc2c(CC)ccc(Cl)c2CC)cc2c1C(=O)c1c(O)ccc(O)c1C2=O. The molecule has 0 heterocycles. The van der Waals surface area contributed by atoms with Crippen LogP contribution in [0.2, 0.25) is 10.0 Å². The summed E-state index contributed by atoms with van der Waals surface area (Å²) in [5.41, 5.74) is 5.93. The largest absolute Gasteiger partial charge is 0.507 e. The second-order valence-electron chi connectivity index (χ2n) is 11.5. The van der Waals surface area contributed by atoms with Crippen molar-refractivity contribution < 1.29 is 24.5 Å². The summed E-state index contributed by atoms with van der Waals surface area (Å²) in [6.45, 7) is 10.5. The number of nitrogens with one attached hydrogen (secondary N) is 2. The van der Waals surface area contributed by atoms with Crippen LogP contribution in [0.4, 0.5) is 22.7 Å². The van der Waals surface area contributed by atoms with Crippen LogP contribution in [-0.4, -0.2) is 28.4 Å². The molecule has 0 unspecified atom stereocenters. The Hall–Kier alpha value is -4.20. The van der Waals surface area contributed by atoms with Crippen LogP contribution in [0.5, 0.6) is 17.2 Å². The molecule has 0 atom stereocenters. The first-order valence-corrected chi connectivity index (χ1v) is 17.0. The van der Waals surface area contributed by atoms with Crippen LogP contribution in [0.15, 0.2) is 42.5 Å². The molecule has 0 fully saturated rings. The fraction of sp³-hybridized carbons (Fsp3) is 0.316. The second-order valence-corrected chi connectivity index (χ2v) is 12.4. The lowest BCUT2D eigenvalue weighted by molar-refractivity contribution is 0.0971. The molecule has 47 heavy (non-hydrogen) atoms. The Labute approximate surface area is 285 Å². The second kappa shape index (κ2) is 14.3. The summed E-state index contributed by atoms with van der Waals surface area (Å²) >= 11 is 13.4. The lowest BCUT2D eigenvalue weighted by atomic mass is 9.81. The van der Waals surface area contributed by atoms with Crippen LogP contribution in [0.25, 0.3) is 0 Å². The summed E-state index contributed by atoms with van der Waals surface area (Å²) in [6, 6.07) is 11.8. The topological polar surface area (TPSA) is 108 Å². The van der Waals surface area contributed by atoms with Gasteiger partial charge in [0.15, 0.2) is 11.5 Å². The molecule has 1 aliphatic carbocycles. The molecule has 7 nitrogen and oxygen atoms in total. The van der Waals surface area contributed by atoms with Gasteiger partial charge in [-0.3, -0.25) is 9.59 Å². The first-order chi connectivity index (χ1) is 22.6. The van der Waals surface area contributed by atoms with E-state index in [0.717, 1.165) is 40.0 Å². The number of ether oxygens (including phenoxy) is 1. The Balaban J connectivity index is 1.88. The van der Waals surface area contributed by atoms with Crippen LogP contribution in [0.1, 0.15) is 102 Å². The zero-order valence-corrected chi connectivity index (χ0v) is 28.9. The number of phenolic OH excluding ortho intramolecular Hbond substituents is 2. The summed E-state index contributed by atoms with van der Waals surface area (Å²) in [5.74, 6) is -1.82.